The van der Waals surface area contributed by atoms with Crippen molar-refractivity contribution < 1.29 is 18.7 Å². The van der Waals surface area contributed by atoms with Crippen LogP contribution in [0.25, 0.3) is 0 Å². The zero-order valence-electron chi connectivity index (χ0n) is 21.0. The highest BCUT2D eigenvalue weighted by Gasteiger charge is 2.36. The van der Waals surface area contributed by atoms with E-state index in [9.17, 15) is 14.0 Å². The summed E-state index contributed by atoms with van der Waals surface area (Å²) in [4.78, 5) is 30.1. The van der Waals surface area contributed by atoms with E-state index in [2.05, 4.69) is 5.10 Å². The number of likely N-dealkylation sites (tertiary alicyclic amines) is 1. The average Bonchev–Trinajstić information content (AvgIpc) is 3.37. The normalized spacial score (nSPS) is 17.8. The molecule has 0 spiro atoms. The predicted octanol–water partition coefficient (Wildman–Crippen LogP) is 4.56. The van der Waals surface area contributed by atoms with E-state index < -0.39 is 0 Å². The van der Waals surface area contributed by atoms with Crippen LogP contribution >= 0.6 is 0 Å². The van der Waals surface area contributed by atoms with Crippen LogP contribution < -0.4 is 4.74 Å². The van der Waals surface area contributed by atoms with Crippen molar-refractivity contribution in [1.29, 1.82) is 0 Å². The predicted molar refractivity (Wildman–Crippen MR) is 135 cm³/mol. The molecule has 3 aromatic rings. The van der Waals surface area contributed by atoms with Gasteiger partial charge in [0, 0.05) is 57.7 Å². The van der Waals surface area contributed by atoms with Crippen LogP contribution in [0.3, 0.4) is 0 Å². The fraction of sp³-hybridized carbons (Fsp3) is 0.393. The zero-order chi connectivity index (χ0) is 25.7. The number of nitrogens with zero attached hydrogens (tertiary/aromatic N) is 4. The average molecular weight is 493 g/mol. The number of carbonyl (C=O) groups is 2. The van der Waals surface area contributed by atoms with E-state index in [0.717, 1.165) is 5.56 Å². The summed E-state index contributed by atoms with van der Waals surface area (Å²) in [7, 11) is 1.79. The van der Waals surface area contributed by atoms with Crippen molar-refractivity contribution in [2.45, 2.75) is 45.4 Å². The van der Waals surface area contributed by atoms with Crippen LogP contribution in [0.15, 0.2) is 66.9 Å². The number of aromatic nitrogens is 2. The molecule has 36 heavy (non-hydrogen) atoms. The SMILES string of the molecule is CC(C)n1nccc1C(=O)N1CC[C@H](Oc2ccc(F)cc2)[C@@H](CC(=O)N(C)Cc2ccccc2)C1. The molecule has 1 aliphatic rings. The summed E-state index contributed by atoms with van der Waals surface area (Å²) in [6.45, 7) is 5.36. The van der Waals surface area contributed by atoms with Gasteiger partial charge < -0.3 is 14.5 Å². The van der Waals surface area contributed by atoms with Gasteiger partial charge in [-0.2, -0.15) is 5.10 Å². The lowest BCUT2D eigenvalue weighted by molar-refractivity contribution is -0.133. The summed E-state index contributed by atoms with van der Waals surface area (Å²) < 4.78 is 21.3. The summed E-state index contributed by atoms with van der Waals surface area (Å²) in [5, 5.41) is 4.29. The lowest BCUT2D eigenvalue weighted by Gasteiger charge is -2.39. The van der Waals surface area contributed by atoms with Gasteiger partial charge in [0.1, 0.15) is 23.4 Å². The molecule has 8 heteroatoms. The van der Waals surface area contributed by atoms with E-state index in [1.165, 1.54) is 12.1 Å². The lowest BCUT2D eigenvalue weighted by atomic mass is 9.90. The van der Waals surface area contributed by atoms with Crippen LogP contribution in [0.1, 0.15) is 48.8 Å². The minimum absolute atomic E-state index is 0.0157. The zero-order valence-corrected chi connectivity index (χ0v) is 21.0. The molecule has 2 atom stereocenters. The van der Waals surface area contributed by atoms with Crippen LogP contribution in [0.4, 0.5) is 4.39 Å². The fourth-order valence-corrected chi connectivity index (χ4v) is 4.62. The van der Waals surface area contributed by atoms with Gasteiger partial charge in [-0.15, -0.1) is 0 Å². The molecule has 4 rings (SSSR count). The third-order valence-electron chi connectivity index (χ3n) is 6.56. The maximum Gasteiger partial charge on any atom is 0.272 e. The number of halogens is 1. The minimum atomic E-state index is -0.334. The molecule has 0 saturated carbocycles. The van der Waals surface area contributed by atoms with Crippen molar-refractivity contribution in [3.05, 3.63) is 83.9 Å². The molecule has 1 fully saturated rings. The number of hydrogen-bond donors (Lipinski definition) is 0. The van der Waals surface area contributed by atoms with E-state index >= 15 is 0 Å². The Labute approximate surface area is 211 Å². The summed E-state index contributed by atoms with van der Waals surface area (Å²) >= 11 is 0. The highest BCUT2D eigenvalue weighted by atomic mass is 19.1. The minimum Gasteiger partial charge on any atom is -0.490 e. The standard InChI is InChI=1S/C28H33FN4O3/c1-20(2)33-25(13-15-30-33)28(35)32-16-14-26(36-24-11-9-23(29)10-12-24)22(19-32)17-27(34)31(3)18-21-7-5-4-6-8-21/h4-13,15,20,22,26H,14,16-19H2,1-3H3/t22-,26-/m0/s1. The van der Waals surface area contributed by atoms with Gasteiger partial charge in [0.25, 0.3) is 5.91 Å². The number of hydrogen-bond acceptors (Lipinski definition) is 4. The number of benzene rings is 2. The molecule has 0 aliphatic carbocycles. The molecule has 0 radical (unpaired) electrons. The number of ether oxygens (including phenoxy) is 1. The molecule has 1 aromatic heterocycles. The van der Waals surface area contributed by atoms with Crippen LogP contribution in [0.2, 0.25) is 0 Å². The van der Waals surface area contributed by atoms with E-state index in [1.54, 1.807) is 45.9 Å². The Morgan fingerprint density at radius 3 is 2.53 bits per heavy atom. The second-order valence-electron chi connectivity index (χ2n) is 9.60. The largest absolute Gasteiger partial charge is 0.490 e. The van der Waals surface area contributed by atoms with Gasteiger partial charge in [-0.1, -0.05) is 30.3 Å². The number of rotatable bonds is 8. The molecule has 0 unspecified atom stereocenters. The van der Waals surface area contributed by atoms with Gasteiger partial charge in [0.2, 0.25) is 5.91 Å². The second-order valence-corrected chi connectivity index (χ2v) is 9.60. The third-order valence-corrected chi connectivity index (χ3v) is 6.56. The first-order valence-electron chi connectivity index (χ1n) is 12.3. The molecule has 7 nitrogen and oxygen atoms in total. The second kappa shape index (κ2) is 11.4. The Morgan fingerprint density at radius 2 is 1.83 bits per heavy atom. The molecule has 0 bridgehead atoms. The van der Waals surface area contributed by atoms with Gasteiger partial charge in [0.15, 0.2) is 0 Å². The monoisotopic (exact) mass is 492 g/mol. The van der Waals surface area contributed by atoms with Gasteiger partial charge >= 0.3 is 0 Å². The van der Waals surface area contributed by atoms with Crippen molar-refractivity contribution >= 4 is 11.8 Å². The highest BCUT2D eigenvalue weighted by molar-refractivity contribution is 5.92. The summed E-state index contributed by atoms with van der Waals surface area (Å²) in [5.41, 5.74) is 1.59. The maximum absolute atomic E-state index is 13.4. The van der Waals surface area contributed by atoms with Gasteiger partial charge in [0.05, 0.1) is 0 Å². The topological polar surface area (TPSA) is 67.7 Å². The van der Waals surface area contributed by atoms with Gasteiger partial charge in [-0.05, 0) is 49.7 Å². The van der Waals surface area contributed by atoms with Crippen molar-refractivity contribution in [3.8, 4) is 5.75 Å². The van der Waals surface area contributed by atoms with Crippen LogP contribution in [0, 0.1) is 11.7 Å². The molecule has 190 valence electrons. The smallest absolute Gasteiger partial charge is 0.272 e. The first-order chi connectivity index (χ1) is 17.3. The number of carbonyl (C=O) groups excluding carboxylic acids is 2. The lowest BCUT2D eigenvalue weighted by Crippen LogP contribution is -2.49. The van der Waals surface area contributed by atoms with E-state index in [-0.39, 0.29) is 42.1 Å². The third kappa shape index (κ3) is 6.11. The van der Waals surface area contributed by atoms with E-state index in [4.69, 9.17) is 4.74 Å². The van der Waals surface area contributed by atoms with Crippen molar-refractivity contribution in [2.75, 3.05) is 20.1 Å². The summed E-state index contributed by atoms with van der Waals surface area (Å²) in [6.07, 6.45) is 2.17. The summed E-state index contributed by atoms with van der Waals surface area (Å²) in [6, 6.07) is 17.5. The van der Waals surface area contributed by atoms with Crippen molar-refractivity contribution in [2.24, 2.45) is 5.92 Å². The molecule has 1 saturated heterocycles. The quantitative estimate of drug-likeness (QED) is 0.462. The Morgan fingerprint density at radius 1 is 1.11 bits per heavy atom. The summed E-state index contributed by atoms with van der Waals surface area (Å²) in [5.74, 6) is -0.114. The van der Waals surface area contributed by atoms with E-state index in [1.807, 2.05) is 44.2 Å². The van der Waals surface area contributed by atoms with Crippen LogP contribution in [-0.2, 0) is 11.3 Å². The number of amides is 2. The van der Waals surface area contributed by atoms with E-state index in [0.29, 0.717) is 37.5 Å². The first kappa shape index (κ1) is 25.4. The van der Waals surface area contributed by atoms with Crippen LogP contribution in [0.5, 0.6) is 5.75 Å². The van der Waals surface area contributed by atoms with Crippen molar-refractivity contribution in [1.82, 2.24) is 19.6 Å². The van der Waals surface area contributed by atoms with Crippen molar-refractivity contribution in [3.63, 3.8) is 0 Å². The molecule has 2 amide bonds. The van der Waals surface area contributed by atoms with Gasteiger partial charge in [-0.25, -0.2) is 4.39 Å². The Bertz CT molecular complexity index is 1160. The highest BCUT2D eigenvalue weighted by Crippen LogP contribution is 2.28. The van der Waals surface area contributed by atoms with Gasteiger partial charge in [-0.3, -0.25) is 14.3 Å². The maximum atomic E-state index is 13.4. The Kier molecular flexibility index (Phi) is 8.03. The molecule has 1 aliphatic heterocycles. The molecule has 2 heterocycles. The molecular weight excluding hydrogens is 459 g/mol. The fourth-order valence-electron chi connectivity index (χ4n) is 4.62. The Balaban J connectivity index is 1.50. The number of piperidine rings is 1. The van der Waals surface area contributed by atoms with Crippen LogP contribution in [-0.4, -0.2) is 57.6 Å². The molecule has 0 N–H and O–H groups in total. The Hall–Kier alpha value is -3.68. The molecular formula is C28H33FN4O3. The first-order valence-corrected chi connectivity index (χ1v) is 12.3. The molecule has 2 aromatic carbocycles.